The normalized spacial score (nSPS) is 11.2. The number of halogens is 1. The van der Waals surface area contributed by atoms with Gasteiger partial charge in [0.05, 0.1) is 4.90 Å². The van der Waals surface area contributed by atoms with Crippen LogP contribution < -0.4 is 10.0 Å². The quantitative estimate of drug-likeness (QED) is 0.699. The number of nitrogens with zero attached hydrogens (tertiary/aromatic N) is 2. The molecule has 9 heteroatoms. The lowest BCUT2D eigenvalue weighted by atomic mass is 10.2. The van der Waals surface area contributed by atoms with Crippen LogP contribution in [0.5, 0.6) is 0 Å². The molecule has 0 aliphatic rings. The molecule has 0 saturated carbocycles. The van der Waals surface area contributed by atoms with Gasteiger partial charge >= 0.3 is 0 Å². The van der Waals surface area contributed by atoms with Gasteiger partial charge in [0, 0.05) is 35.6 Å². The van der Waals surface area contributed by atoms with Crippen molar-refractivity contribution in [3.8, 4) is 0 Å². The maximum Gasteiger partial charge on any atom is 0.261 e. The number of rotatable bonds is 5. The van der Waals surface area contributed by atoms with Crippen molar-refractivity contribution < 1.29 is 13.2 Å². The lowest BCUT2D eigenvalue weighted by Gasteiger charge is -2.09. The van der Waals surface area contributed by atoms with Gasteiger partial charge in [-0.2, -0.15) is 5.10 Å². The SMILES string of the molecule is Cn1ccc(NC(=O)c2ccc(S(=O)(=O)Nc3ccc(Cl)cc3)cc2)n1. The number of amides is 1. The van der Waals surface area contributed by atoms with Gasteiger partial charge in [-0.15, -0.1) is 0 Å². The summed E-state index contributed by atoms with van der Waals surface area (Å²) < 4.78 is 28.8. The van der Waals surface area contributed by atoms with E-state index >= 15 is 0 Å². The van der Waals surface area contributed by atoms with E-state index in [-0.39, 0.29) is 10.8 Å². The molecule has 0 fully saturated rings. The Bertz CT molecular complexity index is 1030. The first-order valence-corrected chi connectivity index (χ1v) is 9.39. The maximum absolute atomic E-state index is 12.4. The van der Waals surface area contributed by atoms with Crippen molar-refractivity contribution >= 4 is 39.0 Å². The van der Waals surface area contributed by atoms with Crippen LogP contribution in [0.3, 0.4) is 0 Å². The van der Waals surface area contributed by atoms with Crippen LogP contribution >= 0.6 is 11.6 Å². The van der Waals surface area contributed by atoms with Gasteiger partial charge in [-0.05, 0) is 48.5 Å². The molecule has 0 spiro atoms. The second-order valence-electron chi connectivity index (χ2n) is 5.47. The molecule has 0 saturated heterocycles. The van der Waals surface area contributed by atoms with Gasteiger partial charge in [0.1, 0.15) is 0 Å². The molecule has 2 aromatic carbocycles. The number of sulfonamides is 1. The Morgan fingerprint density at radius 3 is 2.27 bits per heavy atom. The third kappa shape index (κ3) is 4.22. The molecule has 2 N–H and O–H groups in total. The van der Waals surface area contributed by atoms with E-state index in [1.807, 2.05) is 0 Å². The van der Waals surface area contributed by atoms with Crippen LogP contribution in [0.1, 0.15) is 10.4 Å². The average Bonchev–Trinajstić information content (AvgIpc) is 3.02. The van der Waals surface area contributed by atoms with Crippen molar-refractivity contribution in [1.82, 2.24) is 9.78 Å². The zero-order chi connectivity index (χ0) is 18.7. The molecule has 1 amide bonds. The van der Waals surface area contributed by atoms with Gasteiger partial charge in [-0.3, -0.25) is 14.2 Å². The third-order valence-electron chi connectivity index (χ3n) is 3.48. The lowest BCUT2D eigenvalue weighted by Crippen LogP contribution is -2.15. The van der Waals surface area contributed by atoms with Crippen molar-refractivity contribution in [1.29, 1.82) is 0 Å². The highest BCUT2D eigenvalue weighted by Crippen LogP contribution is 2.19. The first-order valence-electron chi connectivity index (χ1n) is 7.53. The van der Waals surface area contributed by atoms with Crippen LogP contribution in [-0.2, 0) is 17.1 Å². The molecule has 3 rings (SSSR count). The first-order chi connectivity index (χ1) is 12.3. The number of hydrogen-bond acceptors (Lipinski definition) is 4. The summed E-state index contributed by atoms with van der Waals surface area (Å²) in [6.07, 6.45) is 1.70. The minimum Gasteiger partial charge on any atom is -0.305 e. The van der Waals surface area contributed by atoms with Gasteiger partial charge in [-0.1, -0.05) is 11.6 Å². The van der Waals surface area contributed by atoms with Crippen LogP contribution in [0.2, 0.25) is 5.02 Å². The van der Waals surface area contributed by atoms with Gasteiger partial charge in [0.2, 0.25) is 0 Å². The Balaban J connectivity index is 1.73. The van der Waals surface area contributed by atoms with E-state index in [1.54, 1.807) is 48.3 Å². The molecule has 1 aromatic heterocycles. The Hall–Kier alpha value is -2.84. The zero-order valence-electron chi connectivity index (χ0n) is 13.7. The smallest absolute Gasteiger partial charge is 0.261 e. The summed E-state index contributed by atoms with van der Waals surface area (Å²) in [5.74, 6) is 0.0388. The number of nitrogens with one attached hydrogen (secondary N) is 2. The summed E-state index contributed by atoms with van der Waals surface area (Å²) in [5, 5.41) is 7.20. The molecule has 0 unspecified atom stereocenters. The van der Waals surface area contributed by atoms with Crippen LogP contribution in [-0.4, -0.2) is 24.1 Å². The van der Waals surface area contributed by atoms with Crippen LogP contribution in [0, 0.1) is 0 Å². The number of anilines is 2. The molecule has 0 radical (unpaired) electrons. The molecule has 0 aliphatic carbocycles. The third-order valence-corrected chi connectivity index (χ3v) is 5.13. The van der Waals surface area contributed by atoms with E-state index in [9.17, 15) is 13.2 Å². The predicted octanol–water partition coefficient (Wildman–Crippen LogP) is 3.13. The lowest BCUT2D eigenvalue weighted by molar-refractivity contribution is 0.102. The molecule has 0 atom stereocenters. The highest BCUT2D eigenvalue weighted by molar-refractivity contribution is 7.92. The molecule has 26 heavy (non-hydrogen) atoms. The van der Waals surface area contributed by atoms with E-state index < -0.39 is 10.0 Å². The van der Waals surface area contributed by atoms with Crippen molar-refractivity contribution in [2.24, 2.45) is 7.05 Å². The Morgan fingerprint density at radius 1 is 1.04 bits per heavy atom. The molecule has 7 nitrogen and oxygen atoms in total. The van der Waals surface area contributed by atoms with Crippen LogP contribution in [0.25, 0.3) is 0 Å². The minimum absolute atomic E-state index is 0.0434. The highest BCUT2D eigenvalue weighted by atomic mass is 35.5. The molecule has 1 heterocycles. The van der Waals surface area contributed by atoms with Crippen LogP contribution in [0.15, 0.2) is 65.7 Å². The predicted molar refractivity (Wildman–Crippen MR) is 99.9 cm³/mol. The summed E-state index contributed by atoms with van der Waals surface area (Å²) in [7, 11) is -2.03. The number of aromatic nitrogens is 2. The van der Waals surface area contributed by atoms with E-state index in [2.05, 4.69) is 15.1 Å². The van der Waals surface area contributed by atoms with Gasteiger partial charge in [-0.25, -0.2) is 8.42 Å². The Kier molecular flexibility index (Phi) is 4.97. The number of aryl methyl sites for hydroxylation is 1. The molecule has 0 aliphatic heterocycles. The fourth-order valence-corrected chi connectivity index (χ4v) is 3.37. The standard InChI is InChI=1S/C17H15ClN4O3S/c1-22-11-10-16(20-22)19-17(23)12-2-8-15(9-3-12)26(24,25)21-14-6-4-13(18)5-7-14/h2-11,21H,1H3,(H,19,20,23). The maximum atomic E-state index is 12.4. The highest BCUT2D eigenvalue weighted by Gasteiger charge is 2.15. The number of benzene rings is 2. The van der Waals surface area contributed by atoms with Crippen molar-refractivity contribution in [3.05, 3.63) is 71.4 Å². The average molecular weight is 391 g/mol. The minimum atomic E-state index is -3.76. The van der Waals surface area contributed by atoms with Gasteiger partial charge in [0.25, 0.3) is 15.9 Å². The summed E-state index contributed by atoms with van der Waals surface area (Å²) in [6.45, 7) is 0. The van der Waals surface area contributed by atoms with Crippen LogP contribution in [0.4, 0.5) is 11.5 Å². The monoisotopic (exact) mass is 390 g/mol. The fraction of sp³-hybridized carbons (Fsp3) is 0.0588. The van der Waals surface area contributed by atoms with Gasteiger partial charge in [0.15, 0.2) is 5.82 Å². The fourth-order valence-electron chi connectivity index (χ4n) is 2.19. The largest absolute Gasteiger partial charge is 0.305 e. The second-order valence-corrected chi connectivity index (χ2v) is 7.58. The second kappa shape index (κ2) is 7.19. The summed E-state index contributed by atoms with van der Waals surface area (Å²) >= 11 is 5.79. The van der Waals surface area contributed by atoms with E-state index in [0.29, 0.717) is 22.1 Å². The topological polar surface area (TPSA) is 93.1 Å². The molecular formula is C17H15ClN4O3S. The molecular weight excluding hydrogens is 376 g/mol. The molecule has 3 aromatic rings. The number of hydrogen-bond donors (Lipinski definition) is 2. The number of carbonyl (C=O) groups is 1. The summed E-state index contributed by atoms with van der Waals surface area (Å²) in [4.78, 5) is 12.2. The Morgan fingerprint density at radius 2 is 1.69 bits per heavy atom. The van der Waals surface area contributed by atoms with Crippen molar-refractivity contribution in [2.45, 2.75) is 4.90 Å². The van der Waals surface area contributed by atoms with E-state index in [1.165, 1.54) is 24.3 Å². The molecule has 0 bridgehead atoms. The Labute approximate surface area is 155 Å². The summed E-state index contributed by atoms with van der Waals surface area (Å²) in [5.41, 5.74) is 0.715. The number of carbonyl (C=O) groups excluding carboxylic acids is 1. The zero-order valence-corrected chi connectivity index (χ0v) is 15.3. The van der Waals surface area contributed by atoms with Crippen molar-refractivity contribution in [3.63, 3.8) is 0 Å². The summed E-state index contributed by atoms with van der Waals surface area (Å²) in [6, 6.07) is 13.6. The first kappa shape index (κ1) is 18.0. The van der Waals surface area contributed by atoms with Gasteiger partial charge < -0.3 is 5.32 Å². The van der Waals surface area contributed by atoms with Crippen molar-refractivity contribution in [2.75, 3.05) is 10.0 Å². The van der Waals surface area contributed by atoms with E-state index in [4.69, 9.17) is 11.6 Å². The molecule has 134 valence electrons. The van der Waals surface area contributed by atoms with E-state index in [0.717, 1.165) is 0 Å².